The summed E-state index contributed by atoms with van der Waals surface area (Å²) in [6.45, 7) is 0.965. The van der Waals surface area contributed by atoms with Crippen LogP contribution in [0.3, 0.4) is 0 Å². The number of hydrogen-bond donors (Lipinski definition) is 1. The van der Waals surface area contributed by atoms with E-state index in [1.807, 2.05) is 0 Å². The summed E-state index contributed by atoms with van der Waals surface area (Å²) in [5, 5.41) is 13.6. The molecule has 0 saturated heterocycles. The largest absolute Gasteiger partial charge is 0.488 e. The van der Waals surface area contributed by atoms with E-state index in [0.29, 0.717) is 5.82 Å². The average Bonchev–Trinajstić information content (AvgIpc) is 2.91. The van der Waals surface area contributed by atoms with Gasteiger partial charge in [-0.3, -0.25) is 9.78 Å². The highest BCUT2D eigenvalue weighted by Gasteiger charge is 2.17. The van der Waals surface area contributed by atoms with Crippen molar-refractivity contribution in [3.63, 3.8) is 0 Å². The van der Waals surface area contributed by atoms with Crippen LogP contribution < -0.4 is 10.1 Å². The number of amides is 1. The van der Waals surface area contributed by atoms with Crippen molar-refractivity contribution in [2.75, 3.05) is 6.61 Å². The zero-order valence-electron chi connectivity index (χ0n) is 11.9. The number of rotatable bonds is 6. The second kappa shape index (κ2) is 6.87. The Hall–Kier alpha value is -2.65. The predicted octanol–water partition coefficient (Wildman–Crippen LogP) is 0.740. The lowest BCUT2D eigenvalue weighted by Gasteiger charge is -2.12. The maximum atomic E-state index is 12.1. The number of carbonyl (C=O) groups is 1. The number of ether oxygens (including phenoxy) is 1. The number of halogens is 2. The van der Waals surface area contributed by atoms with Crippen LogP contribution in [-0.2, 0) is 7.05 Å². The molecule has 0 aliphatic carbocycles. The molecule has 0 radical (unpaired) electrons. The van der Waals surface area contributed by atoms with Crippen molar-refractivity contribution in [1.29, 1.82) is 0 Å². The van der Waals surface area contributed by atoms with Gasteiger partial charge in [0.1, 0.15) is 18.1 Å². The molecule has 1 amide bonds. The number of pyridine rings is 1. The lowest BCUT2D eigenvalue weighted by atomic mass is 10.2. The fraction of sp³-hybridized carbons (Fsp3) is 0.417. The molecule has 10 heteroatoms. The molecule has 2 aromatic heterocycles. The summed E-state index contributed by atoms with van der Waals surface area (Å²) in [6.07, 6.45) is -1.28. The number of nitrogens with zero attached hydrogens (tertiary/aromatic N) is 5. The second-order valence-electron chi connectivity index (χ2n) is 4.43. The smallest absolute Gasteiger partial charge is 0.272 e. The van der Waals surface area contributed by atoms with Crippen LogP contribution in [0.5, 0.6) is 5.75 Å². The summed E-state index contributed by atoms with van der Waals surface area (Å²) < 4.78 is 30.5. The molecule has 2 aromatic rings. The number of carbonyl (C=O) groups excluding carboxylic acids is 1. The number of alkyl halides is 2. The Labute approximate surface area is 124 Å². The van der Waals surface area contributed by atoms with Gasteiger partial charge in [0.25, 0.3) is 12.3 Å². The monoisotopic (exact) mass is 312 g/mol. The third-order valence-corrected chi connectivity index (χ3v) is 2.73. The number of nitrogens with one attached hydrogen (secondary N) is 1. The van der Waals surface area contributed by atoms with E-state index in [-0.39, 0.29) is 11.4 Å². The van der Waals surface area contributed by atoms with Gasteiger partial charge in [0.15, 0.2) is 5.82 Å². The molecule has 0 spiro atoms. The van der Waals surface area contributed by atoms with Crippen LogP contribution in [0.4, 0.5) is 8.78 Å². The van der Waals surface area contributed by atoms with Crippen molar-refractivity contribution in [3.05, 3.63) is 29.8 Å². The van der Waals surface area contributed by atoms with E-state index in [9.17, 15) is 13.6 Å². The predicted molar refractivity (Wildman–Crippen MR) is 70.4 cm³/mol. The van der Waals surface area contributed by atoms with Crippen LogP contribution in [0.25, 0.3) is 0 Å². The fourth-order valence-corrected chi connectivity index (χ4v) is 1.72. The van der Waals surface area contributed by atoms with Crippen molar-refractivity contribution >= 4 is 5.91 Å². The first kappa shape index (κ1) is 15.7. The van der Waals surface area contributed by atoms with Crippen molar-refractivity contribution in [1.82, 2.24) is 30.5 Å². The number of tetrazole rings is 1. The highest BCUT2D eigenvalue weighted by atomic mass is 19.3. The molecule has 1 unspecified atom stereocenters. The van der Waals surface area contributed by atoms with Gasteiger partial charge in [-0.25, -0.2) is 13.5 Å². The van der Waals surface area contributed by atoms with E-state index in [0.717, 1.165) is 0 Å². The molecule has 0 saturated carbocycles. The van der Waals surface area contributed by atoms with Gasteiger partial charge in [-0.15, -0.1) is 5.10 Å². The topological polar surface area (TPSA) is 94.8 Å². The van der Waals surface area contributed by atoms with E-state index >= 15 is 0 Å². The SMILES string of the molecule is CC(NC(=O)c1cc(OCC(F)F)ccn1)c1nnnn1C. The molecular weight excluding hydrogens is 298 g/mol. The number of aryl methyl sites for hydroxylation is 1. The Kier molecular flexibility index (Phi) is 4.92. The Balaban J connectivity index is 2.03. The van der Waals surface area contributed by atoms with Gasteiger partial charge in [-0.05, 0) is 23.4 Å². The van der Waals surface area contributed by atoms with Gasteiger partial charge >= 0.3 is 0 Å². The summed E-state index contributed by atoms with van der Waals surface area (Å²) >= 11 is 0. The quantitative estimate of drug-likeness (QED) is 0.845. The Morgan fingerprint density at radius 2 is 2.27 bits per heavy atom. The summed E-state index contributed by atoms with van der Waals surface area (Å²) in [5.41, 5.74) is 0.0498. The summed E-state index contributed by atoms with van der Waals surface area (Å²) in [5.74, 6) is 0.130. The van der Waals surface area contributed by atoms with E-state index in [2.05, 4.69) is 25.8 Å². The second-order valence-corrected chi connectivity index (χ2v) is 4.43. The number of aromatic nitrogens is 5. The minimum absolute atomic E-state index is 0.0498. The molecule has 2 heterocycles. The molecule has 0 fully saturated rings. The summed E-state index contributed by atoms with van der Waals surface area (Å²) in [7, 11) is 1.65. The van der Waals surface area contributed by atoms with E-state index < -0.39 is 25.0 Å². The van der Waals surface area contributed by atoms with Gasteiger partial charge in [-0.2, -0.15) is 0 Å². The van der Waals surface area contributed by atoms with Gasteiger partial charge in [0, 0.05) is 19.3 Å². The zero-order chi connectivity index (χ0) is 16.1. The fourth-order valence-electron chi connectivity index (χ4n) is 1.72. The first-order valence-corrected chi connectivity index (χ1v) is 6.37. The van der Waals surface area contributed by atoms with Crippen molar-refractivity contribution < 1.29 is 18.3 Å². The van der Waals surface area contributed by atoms with Crippen molar-refractivity contribution in [2.45, 2.75) is 19.4 Å². The Morgan fingerprint density at radius 1 is 1.50 bits per heavy atom. The van der Waals surface area contributed by atoms with Crippen LogP contribution in [0.15, 0.2) is 18.3 Å². The van der Waals surface area contributed by atoms with E-state index in [1.54, 1.807) is 14.0 Å². The highest BCUT2D eigenvalue weighted by Crippen LogP contribution is 2.13. The van der Waals surface area contributed by atoms with Crippen LogP contribution >= 0.6 is 0 Å². The standard InChI is InChI=1S/C12H14F2N6O2/c1-7(11-17-18-19-20(11)2)16-12(21)9-5-8(3-4-15-9)22-6-10(13)14/h3-5,7,10H,6H2,1-2H3,(H,16,21). The first-order chi connectivity index (χ1) is 10.5. The molecule has 1 N–H and O–H groups in total. The van der Waals surface area contributed by atoms with Gasteiger partial charge in [0.2, 0.25) is 0 Å². The van der Waals surface area contributed by atoms with Crippen LogP contribution in [0.2, 0.25) is 0 Å². The molecule has 8 nitrogen and oxygen atoms in total. The molecule has 0 bridgehead atoms. The Bertz CT molecular complexity index is 648. The average molecular weight is 312 g/mol. The van der Waals surface area contributed by atoms with Crippen LogP contribution in [0, 0.1) is 0 Å². The van der Waals surface area contributed by atoms with E-state index in [1.165, 1.54) is 23.0 Å². The van der Waals surface area contributed by atoms with Crippen LogP contribution in [-0.4, -0.2) is 44.1 Å². The van der Waals surface area contributed by atoms with Gasteiger partial charge < -0.3 is 10.1 Å². The van der Waals surface area contributed by atoms with Gasteiger partial charge in [0.05, 0.1) is 6.04 Å². The lowest BCUT2D eigenvalue weighted by molar-refractivity contribution is 0.0817. The molecule has 22 heavy (non-hydrogen) atoms. The van der Waals surface area contributed by atoms with Crippen molar-refractivity contribution in [2.24, 2.45) is 7.05 Å². The lowest BCUT2D eigenvalue weighted by Crippen LogP contribution is -2.29. The minimum atomic E-state index is -2.59. The van der Waals surface area contributed by atoms with E-state index in [4.69, 9.17) is 4.74 Å². The molecule has 0 aliphatic rings. The Morgan fingerprint density at radius 3 is 2.91 bits per heavy atom. The maximum absolute atomic E-state index is 12.1. The maximum Gasteiger partial charge on any atom is 0.272 e. The molecule has 118 valence electrons. The molecule has 2 rings (SSSR count). The molecule has 1 atom stereocenters. The third kappa shape index (κ3) is 3.93. The number of hydrogen-bond acceptors (Lipinski definition) is 6. The molecular formula is C12H14F2N6O2. The summed E-state index contributed by atoms with van der Waals surface area (Å²) in [4.78, 5) is 16.0. The highest BCUT2D eigenvalue weighted by molar-refractivity contribution is 5.92. The first-order valence-electron chi connectivity index (χ1n) is 6.37. The minimum Gasteiger partial charge on any atom is -0.488 e. The summed E-state index contributed by atoms with van der Waals surface area (Å²) in [6, 6.07) is 2.24. The molecule has 0 aromatic carbocycles. The zero-order valence-corrected chi connectivity index (χ0v) is 11.9. The third-order valence-electron chi connectivity index (χ3n) is 2.73. The normalized spacial score (nSPS) is 12.2. The van der Waals surface area contributed by atoms with Gasteiger partial charge in [-0.1, -0.05) is 0 Å². The van der Waals surface area contributed by atoms with Crippen molar-refractivity contribution in [3.8, 4) is 5.75 Å². The van der Waals surface area contributed by atoms with Crippen LogP contribution in [0.1, 0.15) is 29.3 Å². The molecule has 0 aliphatic heterocycles.